The highest BCUT2D eigenvalue weighted by molar-refractivity contribution is 5.94. The van der Waals surface area contributed by atoms with Crippen LogP contribution in [0.5, 0.6) is 0 Å². The molecule has 4 nitrogen and oxygen atoms in total. The second-order valence-electron chi connectivity index (χ2n) is 12.3. The Balaban J connectivity index is 1.54. The van der Waals surface area contributed by atoms with Crippen LogP contribution >= 0.6 is 0 Å². The Morgan fingerprint density at radius 1 is 0.906 bits per heavy atom. The standard InChI is InChI=1S/C28H44O4/c1-17(19(3)28(30,31)32)9-10-18(2)21-11-12-22-20-16-25(29)24-8-6-7-14-26(24,4)23(20)13-15-27(21,22)5/h9-10,16-19,21-24,30-32H,6-8,11-15H2,1-5H3/t17-,18+,19?,21+,22-,23-,24?,26+,27+/m0/s1. The van der Waals surface area contributed by atoms with Crippen molar-refractivity contribution in [3.8, 4) is 0 Å². The maximum absolute atomic E-state index is 13.2. The lowest BCUT2D eigenvalue weighted by Gasteiger charge is -2.56. The molecule has 0 aromatic rings. The molecule has 4 aliphatic rings. The number of allylic oxidation sites excluding steroid dienone is 4. The Labute approximate surface area is 194 Å². The molecular weight excluding hydrogens is 400 g/mol. The Hall–Kier alpha value is -0.970. The average molecular weight is 445 g/mol. The van der Waals surface area contributed by atoms with Crippen molar-refractivity contribution in [3.05, 3.63) is 23.8 Å². The van der Waals surface area contributed by atoms with Crippen LogP contribution in [-0.2, 0) is 4.79 Å². The van der Waals surface area contributed by atoms with Crippen molar-refractivity contribution >= 4 is 5.78 Å². The van der Waals surface area contributed by atoms with Gasteiger partial charge in [0.2, 0.25) is 0 Å². The fourth-order valence-electron chi connectivity index (χ4n) is 8.32. The maximum atomic E-state index is 13.2. The minimum atomic E-state index is -2.65. The first-order valence-corrected chi connectivity index (χ1v) is 13.0. The van der Waals surface area contributed by atoms with Gasteiger partial charge in [-0.3, -0.25) is 4.79 Å². The van der Waals surface area contributed by atoms with Gasteiger partial charge in [0, 0.05) is 11.8 Å². The first-order valence-electron chi connectivity index (χ1n) is 13.0. The fraction of sp³-hybridized carbons (Fsp3) is 0.821. The molecule has 3 N–H and O–H groups in total. The van der Waals surface area contributed by atoms with Crippen molar-refractivity contribution in [1.29, 1.82) is 0 Å². The second-order valence-corrected chi connectivity index (χ2v) is 12.3. The molecule has 4 rings (SSSR count). The zero-order valence-corrected chi connectivity index (χ0v) is 20.7. The minimum Gasteiger partial charge on any atom is -0.343 e. The summed E-state index contributed by atoms with van der Waals surface area (Å²) in [7, 11) is 0. The van der Waals surface area contributed by atoms with E-state index < -0.39 is 11.9 Å². The van der Waals surface area contributed by atoms with E-state index >= 15 is 0 Å². The number of aliphatic hydroxyl groups is 3. The molecule has 180 valence electrons. The molecule has 0 heterocycles. The molecule has 0 aromatic heterocycles. The normalized spacial score (nSPS) is 42.6. The summed E-state index contributed by atoms with van der Waals surface area (Å²) in [6.45, 7) is 10.7. The molecule has 0 spiro atoms. The third kappa shape index (κ3) is 3.84. The molecule has 0 aliphatic heterocycles. The predicted molar refractivity (Wildman–Crippen MR) is 126 cm³/mol. The Morgan fingerprint density at radius 3 is 2.28 bits per heavy atom. The van der Waals surface area contributed by atoms with Crippen LogP contribution in [-0.4, -0.2) is 27.1 Å². The molecule has 0 bridgehead atoms. The van der Waals surface area contributed by atoms with E-state index in [1.54, 1.807) is 6.92 Å². The van der Waals surface area contributed by atoms with Crippen LogP contribution in [0.4, 0.5) is 0 Å². The second kappa shape index (κ2) is 8.36. The Bertz CT molecular complexity index is 792. The number of carbonyl (C=O) groups excluding carboxylic acids is 1. The summed E-state index contributed by atoms with van der Waals surface area (Å²) in [5, 5.41) is 28.5. The molecule has 2 unspecified atom stereocenters. The van der Waals surface area contributed by atoms with Crippen molar-refractivity contribution in [3.63, 3.8) is 0 Å². The van der Waals surface area contributed by atoms with Gasteiger partial charge < -0.3 is 15.3 Å². The van der Waals surface area contributed by atoms with Gasteiger partial charge in [-0.1, -0.05) is 65.2 Å². The van der Waals surface area contributed by atoms with Gasteiger partial charge in [-0.05, 0) is 85.0 Å². The van der Waals surface area contributed by atoms with Gasteiger partial charge in [-0.2, -0.15) is 0 Å². The van der Waals surface area contributed by atoms with E-state index in [0.717, 1.165) is 6.42 Å². The van der Waals surface area contributed by atoms with Crippen LogP contribution in [0.3, 0.4) is 0 Å². The van der Waals surface area contributed by atoms with E-state index in [1.807, 2.05) is 13.0 Å². The molecule has 0 saturated heterocycles. The van der Waals surface area contributed by atoms with E-state index in [2.05, 4.69) is 32.9 Å². The lowest BCUT2D eigenvalue weighted by molar-refractivity contribution is -0.343. The summed E-state index contributed by atoms with van der Waals surface area (Å²) in [6.07, 6.45) is 15.9. The van der Waals surface area contributed by atoms with E-state index in [-0.39, 0.29) is 22.7 Å². The van der Waals surface area contributed by atoms with Crippen molar-refractivity contribution in [1.82, 2.24) is 0 Å². The monoisotopic (exact) mass is 444 g/mol. The molecule has 0 aromatic carbocycles. The largest absolute Gasteiger partial charge is 0.343 e. The van der Waals surface area contributed by atoms with E-state index in [9.17, 15) is 20.1 Å². The summed E-state index contributed by atoms with van der Waals surface area (Å²) in [5.74, 6) is -0.764. The fourth-order valence-corrected chi connectivity index (χ4v) is 8.32. The number of carbonyl (C=O) groups is 1. The van der Waals surface area contributed by atoms with Crippen LogP contribution in [0.2, 0.25) is 0 Å². The number of rotatable bonds is 5. The summed E-state index contributed by atoms with van der Waals surface area (Å²) in [6, 6.07) is 0. The zero-order chi connectivity index (χ0) is 23.5. The highest BCUT2D eigenvalue weighted by Crippen LogP contribution is 2.66. The van der Waals surface area contributed by atoms with Crippen molar-refractivity contribution < 1.29 is 20.1 Å². The quantitative estimate of drug-likeness (QED) is 0.401. The highest BCUT2D eigenvalue weighted by atomic mass is 16.7. The summed E-state index contributed by atoms with van der Waals surface area (Å²) in [5.41, 5.74) is 1.87. The van der Waals surface area contributed by atoms with Crippen LogP contribution in [0.1, 0.15) is 86.0 Å². The van der Waals surface area contributed by atoms with Crippen LogP contribution in [0.25, 0.3) is 0 Å². The molecule has 9 atom stereocenters. The molecule has 3 saturated carbocycles. The van der Waals surface area contributed by atoms with Crippen LogP contribution < -0.4 is 0 Å². The molecular formula is C28H44O4. The minimum absolute atomic E-state index is 0.139. The zero-order valence-electron chi connectivity index (χ0n) is 20.7. The average Bonchev–Trinajstić information content (AvgIpc) is 3.08. The Kier molecular flexibility index (Phi) is 6.31. The highest BCUT2D eigenvalue weighted by Gasteiger charge is 2.59. The van der Waals surface area contributed by atoms with Crippen LogP contribution in [0.15, 0.2) is 23.8 Å². The topological polar surface area (TPSA) is 77.8 Å². The number of hydrogen-bond acceptors (Lipinski definition) is 4. The SMILES string of the molecule is CC([C@@H](C)C=C[C@@H](C)[C@H]1CC[C@H]2C3=CC(=O)C4CCCC[C@]4(C)[C@H]3CC[C@]12C)C(O)(O)O. The number of ketones is 1. The lowest BCUT2D eigenvalue weighted by atomic mass is 9.47. The maximum Gasteiger partial charge on any atom is 0.278 e. The smallest absolute Gasteiger partial charge is 0.278 e. The van der Waals surface area contributed by atoms with Gasteiger partial charge >= 0.3 is 0 Å². The predicted octanol–water partition coefficient (Wildman–Crippen LogP) is 5.23. The van der Waals surface area contributed by atoms with E-state index in [4.69, 9.17) is 0 Å². The van der Waals surface area contributed by atoms with Gasteiger partial charge in [-0.25, -0.2) is 0 Å². The van der Waals surface area contributed by atoms with E-state index in [0.29, 0.717) is 29.5 Å². The number of fused-ring (bicyclic) bond motifs is 5. The molecule has 0 amide bonds. The molecule has 4 aliphatic carbocycles. The molecule has 0 radical (unpaired) electrons. The molecule has 32 heavy (non-hydrogen) atoms. The third-order valence-electron chi connectivity index (χ3n) is 10.6. The number of hydrogen-bond donors (Lipinski definition) is 3. The summed E-state index contributed by atoms with van der Waals surface area (Å²) >= 11 is 0. The Morgan fingerprint density at radius 2 is 1.59 bits per heavy atom. The van der Waals surface area contributed by atoms with E-state index in [1.165, 1.54) is 50.5 Å². The summed E-state index contributed by atoms with van der Waals surface area (Å²) in [4.78, 5) is 13.2. The van der Waals surface area contributed by atoms with Gasteiger partial charge in [0.05, 0.1) is 0 Å². The van der Waals surface area contributed by atoms with Gasteiger partial charge in [0.1, 0.15) is 0 Å². The van der Waals surface area contributed by atoms with Gasteiger partial charge in [0.15, 0.2) is 5.78 Å². The van der Waals surface area contributed by atoms with Gasteiger partial charge in [0.25, 0.3) is 5.97 Å². The third-order valence-corrected chi connectivity index (χ3v) is 10.6. The lowest BCUT2D eigenvalue weighted by Crippen LogP contribution is -2.51. The van der Waals surface area contributed by atoms with Crippen molar-refractivity contribution in [2.45, 2.75) is 92.0 Å². The van der Waals surface area contributed by atoms with Crippen molar-refractivity contribution in [2.75, 3.05) is 0 Å². The van der Waals surface area contributed by atoms with Crippen LogP contribution in [0, 0.1) is 52.3 Å². The summed E-state index contributed by atoms with van der Waals surface area (Å²) < 4.78 is 0. The molecule has 4 heteroatoms. The first-order chi connectivity index (χ1) is 14.9. The molecule has 3 fully saturated rings. The van der Waals surface area contributed by atoms with Gasteiger partial charge in [-0.15, -0.1) is 0 Å². The van der Waals surface area contributed by atoms with Crippen molar-refractivity contribution in [2.24, 2.45) is 52.3 Å². The first kappa shape index (κ1) is 24.2.